The standard InChI is InChI=1S/C20H20N4O/c25-19(14-24-8-1-2-9-24)12-18-11-17-10-15(5-6-20(17)23-22-18)16-4-3-7-21-13-16/h3-7,10-11,13H,1-2,8-9,12,14H2. The first kappa shape index (κ1) is 15.8. The molecule has 1 aliphatic heterocycles. The minimum atomic E-state index is 0.207. The number of pyridine rings is 1. The van der Waals surface area contributed by atoms with Crippen LogP contribution in [-0.4, -0.2) is 45.5 Å². The Bertz CT molecular complexity index is 889. The Morgan fingerprint density at radius 1 is 1.04 bits per heavy atom. The lowest BCUT2D eigenvalue weighted by Gasteiger charge is -2.12. The van der Waals surface area contributed by atoms with Crippen molar-refractivity contribution in [1.82, 2.24) is 20.1 Å². The third-order valence-corrected chi connectivity index (χ3v) is 4.61. The average molecular weight is 332 g/mol. The zero-order chi connectivity index (χ0) is 17.1. The van der Waals surface area contributed by atoms with Gasteiger partial charge in [0.15, 0.2) is 5.78 Å². The molecule has 0 radical (unpaired) electrons. The summed E-state index contributed by atoms with van der Waals surface area (Å²) >= 11 is 0. The summed E-state index contributed by atoms with van der Waals surface area (Å²) in [6.45, 7) is 2.59. The highest BCUT2D eigenvalue weighted by atomic mass is 16.1. The quantitative estimate of drug-likeness (QED) is 0.719. The minimum Gasteiger partial charge on any atom is -0.298 e. The maximum absolute atomic E-state index is 12.3. The van der Waals surface area contributed by atoms with Crippen LogP contribution in [0, 0.1) is 0 Å². The monoisotopic (exact) mass is 332 g/mol. The average Bonchev–Trinajstić information content (AvgIpc) is 3.14. The summed E-state index contributed by atoms with van der Waals surface area (Å²) in [7, 11) is 0. The van der Waals surface area contributed by atoms with Crippen LogP contribution in [0.4, 0.5) is 0 Å². The number of fused-ring (bicyclic) bond motifs is 1. The molecule has 1 aromatic carbocycles. The lowest BCUT2D eigenvalue weighted by atomic mass is 10.0. The Morgan fingerprint density at radius 3 is 2.72 bits per heavy atom. The first-order valence-electron chi connectivity index (χ1n) is 8.69. The number of carbonyl (C=O) groups is 1. The van der Waals surface area contributed by atoms with Crippen molar-refractivity contribution in [2.75, 3.05) is 19.6 Å². The van der Waals surface area contributed by atoms with Crippen LogP contribution >= 0.6 is 0 Å². The number of rotatable bonds is 5. The molecule has 5 nitrogen and oxygen atoms in total. The Morgan fingerprint density at radius 2 is 1.92 bits per heavy atom. The first-order chi connectivity index (χ1) is 12.3. The van der Waals surface area contributed by atoms with Crippen LogP contribution in [-0.2, 0) is 11.2 Å². The van der Waals surface area contributed by atoms with E-state index in [1.807, 2.05) is 36.5 Å². The largest absolute Gasteiger partial charge is 0.298 e. The van der Waals surface area contributed by atoms with Gasteiger partial charge >= 0.3 is 0 Å². The van der Waals surface area contributed by atoms with Gasteiger partial charge in [-0.15, -0.1) is 0 Å². The van der Waals surface area contributed by atoms with Crippen molar-refractivity contribution in [3.8, 4) is 11.1 Å². The summed E-state index contributed by atoms with van der Waals surface area (Å²) in [5.74, 6) is 0.207. The second-order valence-electron chi connectivity index (χ2n) is 6.55. The number of hydrogen-bond donors (Lipinski definition) is 0. The molecule has 1 aliphatic rings. The van der Waals surface area contributed by atoms with E-state index in [-0.39, 0.29) is 5.78 Å². The van der Waals surface area contributed by atoms with E-state index in [2.05, 4.69) is 26.1 Å². The highest BCUT2D eigenvalue weighted by Gasteiger charge is 2.16. The molecule has 0 saturated carbocycles. The Labute approximate surface area is 146 Å². The summed E-state index contributed by atoms with van der Waals surface area (Å²) in [6, 6.07) is 12.0. The van der Waals surface area contributed by atoms with Crippen molar-refractivity contribution < 1.29 is 4.79 Å². The summed E-state index contributed by atoms with van der Waals surface area (Å²) in [6.07, 6.45) is 6.34. The highest BCUT2D eigenvalue weighted by Crippen LogP contribution is 2.23. The number of carbonyl (C=O) groups excluding carboxylic acids is 1. The fourth-order valence-corrected chi connectivity index (χ4v) is 3.34. The molecule has 25 heavy (non-hydrogen) atoms. The molecule has 0 bridgehead atoms. The summed E-state index contributed by atoms with van der Waals surface area (Å²) in [5, 5.41) is 9.49. The van der Waals surface area contributed by atoms with E-state index in [9.17, 15) is 4.79 Å². The minimum absolute atomic E-state index is 0.207. The van der Waals surface area contributed by atoms with E-state index >= 15 is 0 Å². The van der Waals surface area contributed by atoms with E-state index in [0.717, 1.165) is 40.8 Å². The van der Waals surface area contributed by atoms with E-state index in [1.165, 1.54) is 12.8 Å². The maximum Gasteiger partial charge on any atom is 0.152 e. The van der Waals surface area contributed by atoms with Crippen molar-refractivity contribution in [2.45, 2.75) is 19.3 Å². The van der Waals surface area contributed by atoms with E-state index in [0.29, 0.717) is 13.0 Å². The lowest BCUT2D eigenvalue weighted by molar-refractivity contribution is -0.119. The number of benzene rings is 1. The highest BCUT2D eigenvalue weighted by molar-refractivity contribution is 5.86. The Kier molecular flexibility index (Phi) is 4.48. The third kappa shape index (κ3) is 3.72. The van der Waals surface area contributed by atoms with Gasteiger partial charge in [0.05, 0.1) is 24.2 Å². The molecule has 2 aromatic heterocycles. The molecule has 0 amide bonds. The van der Waals surface area contributed by atoms with Crippen molar-refractivity contribution in [1.29, 1.82) is 0 Å². The summed E-state index contributed by atoms with van der Waals surface area (Å²) in [5.41, 5.74) is 3.72. The Hall–Kier alpha value is -2.66. The molecule has 0 spiro atoms. The number of aromatic nitrogens is 3. The van der Waals surface area contributed by atoms with E-state index in [4.69, 9.17) is 0 Å². The predicted octanol–water partition coefficient (Wildman–Crippen LogP) is 2.90. The molecule has 1 saturated heterocycles. The zero-order valence-electron chi connectivity index (χ0n) is 14.1. The molecule has 1 fully saturated rings. The SMILES string of the molecule is O=C(Cc1cc2cc(-c3cccnc3)ccc2nn1)CN1CCCC1. The van der Waals surface area contributed by atoms with Gasteiger partial charge in [0.25, 0.3) is 0 Å². The predicted molar refractivity (Wildman–Crippen MR) is 97.2 cm³/mol. The van der Waals surface area contributed by atoms with Gasteiger partial charge in [-0.1, -0.05) is 12.1 Å². The number of ketones is 1. The molecule has 0 unspecified atom stereocenters. The summed E-state index contributed by atoms with van der Waals surface area (Å²) in [4.78, 5) is 18.7. The second-order valence-corrected chi connectivity index (χ2v) is 6.55. The van der Waals surface area contributed by atoms with Crippen LogP contribution in [0.2, 0.25) is 0 Å². The van der Waals surface area contributed by atoms with Crippen LogP contribution in [0.3, 0.4) is 0 Å². The van der Waals surface area contributed by atoms with Crippen LogP contribution in [0.1, 0.15) is 18.5 Å². The molecule has 3 heterocycles. The van der Waals surface area contributed by atoms with Gasteiger partial charge in [-0.25, -0.2) is 0 Å². The van der Waals surface area contributed by atoms with Gasteiger partial charge < -0.3 is 0 Å². The molecule has 4 rings (SSSR count). The maximum atomic E-state index is 12.3. The second kappa shape index (κ2) is 7.07. The molecule has 5 heteroatoms. The number of hydrogen-bond acceptors (Lipinski definition) is 5. The molecular formula is C20H20N4O. The van der Waals surface area contributed by atoms with Crippen molar-refractivity contribution in [3.05, 3.63) is 54.5 Å². The van der Waals surface area contributed by atoms with Gasteiger partial charge in [0.2, 0.25) is 0 Å². The van der Waals surface area contributed by atoms with E-state index in [1.54, 1.807) is 6.20 Å². The first-order valence-corrected chi connectivity index (χ1v) is 8.69. The van der Waals surface area contributed by atoms with Crippen LogP contribution in [0.15, 0.2) is 48.8 Å². The van der Waals surface area contributed by atoms with Crippen LogP contribution in [0.5, 0.6) is 0 Å². The molecule has 3 aromatic rings. The van der Waals surface area contributed by atoms with Crippen LogP contribution < -0.4 is 0 Å². The topological polar surface area (TPSA) is 59.0 Å². The normalized spacial score (nSPS) is 14.9. The summed E-state index contributed by atoms with van der Waals surface area (Å²) < 4.78 is 0. The van der Waals surface area contributed by atoms with Gasteiger partial charge in [-0.3, -0.25) is 14.7 Å². The number of likely N-dealkylation sites (tertiary alicyclic amines) is 1. The van der Waals surface area contributed by atoms with Crippen LogP contribution in [0.25, 0.3) is 22.0 Å². The fraction of sp³-hybridized carbons (Fsp3) is 0.300. The molecule has 0 N–H and O–H groups in total. The number of Topliss-reactive ketones (excluding diaryl/α,β-unsaturated/α-hetero) is 1. The lowest BCUT2D eigenvalue weighted by Crippen LogP contribution is -2.28. The van der Waals surface area contributed by atoms with Crippen molar-refractivity contribution in [3.63, 3.8) is 0 Å². The molecule has 0 atom stereocenters. The third-order valence-electron chi connectivity index (χ3n) is 4.61. The van der Waals surface area contributed by atoms with Gasteiger partial charge in [0.1, 0.15) is 0 Å². The van der Waals surface area contributed by atoms with Gasteiger partial charge in [-0.2, -0.15) is 10.2 Å². The fourth-order valence-electron chi connectivity index (χ4n) is 3.34. The number of nitrogens with zero attached hydrogens (tertiary/aromatic N) is 4. The van der Waals surface area contributed by atoms with Gasteiger partial charge in [-0.05, 0) is 55.8 Å². The van der Waals surface area contributed by atoms with Gasteiger partial charge in [0, 0.05) is 23.3 Å². The zero-order valence-corrected chi connectivity index (χ0v) is 14.1. The molecule has 0 aliphatic carbocycles. The Balaban J connectivity index is 1.55. The molecular weight excluding hydrogens is 312 g/mol. The van der Waals surface area contributed by atoms with E-state index < -0.39 is 0 Å². The van der Waals surface area contributed by atoms with Crippen molar-refractivity contribution >= 4 is 16.7 Å². The van der Waals surface area contributed by atoms with Crippen molar-refractivity contribution in [2.24, 2.45) is 0 Å². The smallest absolute Gasteiger partial charge is 0.152 e. The molecule has 126 valence electrons.